The lowest BCUT2D eigenvalue weighted by Gasteiger charge is -2.49. The number of aliphatic carboxylic acids is 1. The SMILES string of the molecule is Cc1nnc(SCC2=C(C(=O)O)N3C(=O)[C@H](NC(=O)Cn4ccc(C(F)(F)F)n4)[C@H]3SC2)s1. The highest BCUT2D eigenvalue weighted by molar-refractivity contribution is 8.01. The molecule has 16 heteroatoms. The number of carboxylic acid groups (broad SMARTS) is 1. The van der Waals surface area contributed by atoms with E-state index in [1.807, 2.05) is 0 Å². The van der Waals surface area contributed by atoms with Crippen molar-refractivity contribution in [3.8, 4) is 0 Å². The summed E-state index contributed by atoms with van der Waals surface area (Å²) in [5.74, 6) is -1.90. The number of carboxylic acids is 1. The van der Waals surface area contributed by atoms with Crippen LogP contribution in [0.5, 0.6) is 0 Å². The van der Waals surface area contributed by atoms with Crippen LogP contribution in [0.2, 0.25) is 0 Å². The Kier molecular flexibility index (Phi) is 6.41. The van der Waals surface area contributed by atoms with Crippen LogP contribution >= 0.6 is 34.9 Å². The summed E-state index contributed by atoms with van der Waals surface area (Å²) in [6, 6.07) is -0.234. The van der Waals surface area contributed by atoms with Gasteiger partial charge in [0.05, 0.1) is 0 Å². The quantitative estimate of drug-likeness (QED) is 0.413. The van der Waals surface area contributed by atoms with Gasteiger partial charge in [-0.2, -0.15) is 18.3 Å². The highest BCUT2D eigenvalue weighted by Crippen LogP contribution is 2.41. The van der Waals surface area contributed by atoms with Crippen LogP contribution in [0.25, 0.3) is 0 Å². The minimum Gasteiger partial charge on any atom is -0.477 e. The van der Waals surface area contributed by atoms with Crippen LogP contribution in [0, 0.1) is 6.92 Å². The normalized spacial score (nSPS) is 20.5. The van der Waals surface area contributed by atoms with Crippen molar-refractivity contribution >= 4 is 52.6 Å². The fraction of sp³-hybridized carbons (Fsp3) is 0.412. The second-order valence-corrected chi connectivity index (χ2v) is 10.5. The Bertz CT molecular complexity index is 1150. The lowest BCUT2D eigenvalue weighted by atomic mass is 10.0. The van der Waals surface area contributed by atoms with Crippen molar-refractivity contribution in [1.29, 1.82) is 0 Å². The first-order valence-electron chi connectivity index (χ1n) is 9.27. The van der Waals surface area contributed by atoms with Gasteiger partial charge in [-0.25, -0.2) is 4.79 Å². The third kappa shape index (κ3) is 4.86. The van der Waals surface area contributed by atoms with Gasteiger partial charge >= 0.3 is 12.1 Å². The van der Waals surface area contributed by atoms with Gasteiger partial charge in [0.15, 0.2) is 10.0 Å². The number of aryl methyl sites for hydroxylation is 1. The Morgan fingerprint density at radius 2 is 2.12 bits per heavy atom. The molecule has 2 aliphatic rings. The molecule has 0 saturated carbocycles. The van der Waals surface area contributed by atoms with E-state index in [1.165, 1.54) is 34.9 Å². The van der Waals surface area contributed by atoms with E-state index in [0.29, 0.717) is 21.4 Å². The molecule has 2 atom stereocenters. The summed E-state index contributed by atoms with van der Waals surface area (Å²) in [4.78, 5) is 37.9. The number of hydrogen-bond donors (Lipinski definition) is 2. The van der Waals surface area contributed by atoms with E-state index in [0.717, 1.165) is 26.9 Å². The molecular weight excluding hydrogens is 505 g/mol. The standard InChI is InChI=1S/C17H15F3N6O4S3/c1-7-22-23-16(33-7)32-6-8-5-31-14-11(13(28)26(14)12(8)15(29)30)21-10(27)4-25-3-2-9(24-25)17(18,19)20/h2-3,11,14H,4-6H2,1H3,(H,21,27)(H,29,30)/t11-,14+/m0/s1. The number of nitrogens with one attached hydrogen (secondary N) is 1. The number of rotatable bonds is 7. The molecule has 0 aliphatic carbocycles. The van der Waals surface area contributed by atoms with Crippen molar-refractivity contribution in [3.05, 3.63) is 34.2 Å². The predicted octanol–water partition coefficient (Wildman–Crippen LogP) is 1.59. The van der Waals surface area contributed by atoms with Crippen molar-refractivity contribution in [3.63, 3.8) is 0 Å². The van der Waals surface area contributed by atoms with Gasteiger partial charge in [-0.1, -0.05) is 23.1 Å². The zero-order chi connectivity index (χ0) is 23.9. The fourth-order valence-electron chi connectivity index (χ4n) is 3.25. The first kappa shape index (κ1) is 23.6. The van der Waals surface area contributed by atoms with Crippen LogP contribution in [0.1, 0.15) is 10.7 Å². The van der Waals surface area contributed by atoms with E-state index in [9.17, 15) is 32.7 Å². The monoisotopic (exact) mass is 520 g/mol. The summed E-state index contributed by atoms with van der Waals surface area (Å²) < 4.78 is 39.4. The molecule has 10 nitrogen and oxygen atoms in total. The molecule has 2 aromatic rings. The van der Waals surface area contributed by atoms with Crippen molar-refractivity contribution < 1.29 is 32.7 Å². The maximum Gasteiger partial charge on any atom is 0.435 e. The summed E-state index contributed by atoms with van der Waals surface area (Å²) in [5, 5.41) is 23.5. The van der Waals surface area contributed by atoms with Gasteiger partial charge in [-0.05, 0) is 18.6 Å². The summed E-state index contributed by atoms with van der Waals surface area (Å²) in [5.41, 5.74) is -0.699. The van der Waals surface area contributed by atoms with Crippen molar-refractivity contribution in [2.45, 2.75) is 35.4 Å². The van der Waals surface area contributed by atoms with Gasteiger partial charge < -0.3 is 10.4 Å². The first-order valence-corrected chi connectivity index (χ1v) is 12.1. The zero-order valence-corrected chi connectivity index (χ0v) is 19.1. The van der Waals surface area contributed by atoms with E-state index in [4.69, 9.17) is 0 Å². The van der Waals surface area contributed by atoms with Crippen LogP contribution < -0.4 is 5.32 Å². The smallest absolute Gasteiger partial charge is 0.435 e. The number of alkyl halides is 3. The number of nitrogens with zero attached hydrogens (tertiary/aromatic N) is 5. The van der Waals surface area contributed by atoms with Crippen LogP contribution in [0.3, 0.4) is 0 Å². The number of β-lactam (4-membered cyclic amide) rings is 1. The summed E-state index contributed by atoms with van der Waals surface area (Å²) >= 11 is 4.01. The maximum atomic E-state index is 12.7. The first-order chi connectivity index (χ1) is 15.5. The van der Waals surface area contributed by atoms with Gasteiger partial charge in [-0.3, -0.25) is 19.2 Å². The summed E-state index contributed by atoms with van der Waals surface area (Å²) in [6.07, 6.45) is -3.61. The van der Waals surface area contributed by atoms with Crippen molar-refractivity contribution in [1.82, 2.24) is 30.2 Å². The molecule has 1 fully saturated rings. The molecule has 33 heavy (non-hydrogen) atoms. The largest absolute Gasteiger partial charge is 0.477 e. The molecule has 0 bridgehead atoms. The molecule has 2 aliphatic heterocycles. The maximum absolute atomic E-state index is 12.7. The van der Waals surface area contributed by atoms with Gasteiger partial charge in [0.25, 0.3) is 5.91 Å². The summed E-state index contributed by atoms with van der Waals surface area (Å²) in [7, 11) is 0. The minimum absolute atomic E-state index is 0.120. The Labute approximate surface area is 196 Å². The second-order valence-electron chi connectivity index (χ2n) is 6.98. The number of fused-ring (bicyclic) bond motifs is 1. The molecule has 4 heterocycles. The average molecular weight is 521 g/mol. The van der Waals surface area contributed by atoms with E-state index >= 15 is 0 Å². The molecule has 1 saturated heterocycles. The van der Waals surface area contributed by atoms with Crippen LogP contribution in [-0.2, 0) is 27.1 Å². The molecule has 176 valence electrons. The Balaban J connectivity index is 1.40. The molecule has 0 aromatic carbocycles. The van der Waals surface area contributed by atoms with E-state index in [1.54, 1.807) is 6.92 Å². The number of thioether (sulfide) groups is 2. The van der Waals surface area contributed by atoms with Gasteiger partial charge in [-0.15, -0.1) is 22.0 Å². The molecule has 4 rings (SSSR count). The second kappa shape index (κ2) is 8.98. The zero-order valence-electron chi connectivity index (χ0n) is 16.7. The number of carbonyl (C=O) groups excluding carboxylic acids is 2. The van der Waals surface area contributed by atoms with Crippen molar-refractivity contribution in [2.75, 3.05) is 11.5 Å². The van der Waals surface area contributed by atoms with E-state index in [2.05, 4.69) is 20.6 Å². The third-order valence-corrected chi connectivity index (χ3v) is 8.08. The van der Waals surface area contributed by atoms with E-state index < -0.39 is 47.6 Å². The Morgan fingerprint density at radius 3 is 2.73 bits per heavy atom. The van der Waals surface area contributed by atoms with Gasteiger partial charge in [0, 0.05) is 17.7 Å². The highest BCUT2D eigenvalue weighted by Gasteiger charge is 2.54. The number of hydrogen-bond acceptors (Lipinski definition) is 9. The van der Waals surface area contributed by atoms with Crippen LogP contribution in [0.15, 0.2) is 27.9 Å². The molecule has 2 aromatic heterocycles. The van der Waals surface area contributed by atoms with E-state index in [-0.39, 0.29) is 5.70 Å². The van der Waals surface area contributed by atoms with Crippen LogP contribution in [0.4, 0.5) is 13.2 Å². The lowest BCUT2D eigenvalue weighted by molar-refractivity contribution is -0.150. The topological polar surface area (TPSA) is 130 Å². The molecule has 2 amide bonds. The number of halogens is 3. The van der Waals surface area contributed by atoms with Crippen LogP contribution in [-0.4, -0.2) is 70.7 Å². The predicted molar refractivity (Wildman–Crippen MR) is 112 cm³/mol. The summed E-state index contributed by atoms with van der Waals surface area (Å²) in [6.45, 7) is 1.29. The third-order valence-electron chi connectivity index (χ3n) is 4.68. The van der Waals surface area contributed by atoms with Gasteiger partial charge in [0.2, 0.25) is 5.91 Å². The molecule has 0 spiro atoms. The Morgan fingerprint density at radius 1 is 1.36 bits per heavy atom. The number of amides is 2. The molecule has 0 unspecified atom stereocenters. The van der Waals surface area contributed by atoms with Gasteiger partial charge in [0.1, 0.15) is 28.7 Å². The molecule has 2 N–H and O–H groups in total. The molecule has 0 radical (unpaired) electrons. The highest BCUT2D eigenvalue weighted by atomic mass is 32.2. The number of carbonyl (C=O) groups is 3. The Hall–Kier alpha value is -2.59. The fourth-order valence-corrected chi connectivity index (χ4v) is 6.55. The van der Waals surface area contributed by atoms with Crippen molar-refractivity contribution in [2.24, 2.45) is 0 Å². The number of aromatic nitrogens is 4. The average Bonchev–Trinajstić information content (AvgIpc) is 3.38. The molecular formula is C17H15F3N6O4S3. The minimum atomic E-state index is -4.63. The lowest BCUT2D eigenvalue weighted by Crippen LogP contribution is -2.70.